The quantitative estimate of drug-likeness (QED) is 0.864. The number of nitrogens with zero attached hydrogens (tertiary/aromatic N) is 1. The molecule has 1 N–H and O–H groups in total. The fourth-order valence-electron chi connectivity index (χ4n) is 3.79. The van der Waals surface area contributed by atoms with Crippen molar-refractivity contribution >= 4 is 17.5 Å². The van der Waals surface area contributed by atoms with Gasteiger partial charge in [-0.1, -0.05) is 37.5 Å². The van der Waals surface area contributed by atoms with Crippen molar-refractivity contribution < 1.29 is 9.59 Å². The van der Waals surface area contributed by atoms with E-state index in [0.29, 0.717) is 6.54 Å². The maximum absolute atomic E-state index is 13.1. The van der Waals surface area contributed by atoms with E-state index in [1.54, 1.807) is 18.7 Å². The molecule has 1 saturated carbocycles. The van der Waals surface area contributed by atoms with E-state index in [0.717, 1.165) is 31.4 Å². The minimum Gasteiger partial charge on any atom is -0.352 e. The molecule has 1 heterocycles. The van der Waals surface area contributed by atoms with E-state index in [1.807, 2.05) is 18.2 Å². The van der Waals surface area contributed by atoms with Gasteiger partial charge in [0.2, 0.25) is 11.8 Å². The van der Waals surface area contributed by atoms with Crippen LogP contribution in [0.3, 0.4) is 0 Å². The van der Waals surface area contributed by atoms with Crippen molar-refractivity contribution in [1.29, 1.82) is 0 Å². The van der Waals surface area contributed by atoms with Gasteiger partial charge in [0, 0.05) is 18.3 Å². The Labute approximate surface area is 144 Å². The summed E-state index contributed by atoms with van der Waals surface area (Å²) < 4.78 is 0. The zero-order valence-corrected chi connectivity index (χ0v) is 14.8. The van der Waals surface area contributed by atoms with Gasteiger partial charge in [0.05, 0.1) is 0 Å². The molecular formula is C20H28N2O2. The van der Waals surface area contributed by atoms with Crippen LogP contribution >= 0.6 is 0 Å². The van der Waals surface area contributed by atoms with Gasteiger partial charge in [-0.2, -0.15) is 0 Å². The molecular weight excluding hydrogens is 300 g/mol. The fraction of sp³-hybridized carbons (Fsp3) is 0.600. The van der Waals surface area contributed by atoms with Gasteiger partial charge in [-0.25, -0.2) is 0 Å². The Morgan fingerprint density at radius 2 is 1.79 bits per heavy atom. The van der Waals surface area contributed by atoms with Crippen LogP contribution in [0.25, 0.3) is 0 Å². The van der Waals surface area contributed by atoms with Gasteiger partial charge in [-0.3, -0.25) is 9.59 Å². The van der Waals surface area contributed by atoms with Crippen molar-refractivity contribution in [3.63, 3.8) is 0 Å². The predicted octanol–water partition coefficient (Wildman–Crippen LogP) is 3.44. The van der Waals surface area contributed by atoms with Crippen LogP contribution in [0.1, 0.15) is 57.9 Å². The lowest BCUT2D eigenvalue weighted by molar-refractivity contribution is -0.140. The van der Waals surface area contributed by atoms with Crippen LogP contribution in [-0.4, -0.2) is 24.4 Å². The summed E-state index contributed by atoms with van der Waals surface area (Å²) in [7, 11) is 0. The van der Waals surface area contributed by atoms with Gasteiger partial charge >= 0.3 is 0 Å². The zero-order valence-electron chi connectivity index (χ0n) is 14.8. The smallest absolute Gasteiger partial charge is 0.242 e. The highest BCUT2D eigenvalue weighted by molar-refractivity contribution is 6.11. The number of benzene rings is 1. The van der Waals surface area contributed by atoms with E-state index in [-0.39, 0.29) is 17.9 Å². The first-order chi connectivity index (χ1) is 11.5. The SMILES string of the molecule is CC(C)(C(=O)NC1CCCCC1)C(=O)N1CCCc2ccccc21. The third kappa shape index (κ3) is 3.33. The molecule has 2 aliphatic rings. The minimum absolute atomic E-state index is 0.0945. The largest absolute Gasteiger partial charge is 0.352 e. The minimum atomic E-state index is -1.04. The van der Waals surface area contributed by atoms with Crippen molar-refractivity contribution in [1.82, 2.24) is 5.32 Å². The third-order valence-electron chi connectivity index (χ3n) is 5.40. The molecule has 0 spiro atoms. The maximum atomic E-state index is 13.1. The number of carbonyl (C=O) groups is 2. The number of nitrogens with one attached hydrogen (secondary N) is 1. The molecule has 0 unspecified atom stereocenters. The summed E-state index contributed by atoms with van der Waals surface area (Å²) in [5.41, 5.74) is 1.12. The molecule has 0 aromatic heterocycles. The third-order valence-corrected chi connectivity index (χ3v) is 5.40. The number of hydrogen-bond acceptors (Lipinski definition) is 2. The van der Waals surface area contributed by atoms with E-state index in [4.69, 9.17) is 0 Å². The Morgan fingerprint density at radius 1 is 1.08 bits per heavy atom. The molecule has 3 rings (SSSR count). The van der Waals surface area contributed by atoms with Crippen molar-refractivity contribution in [2.24, 2.45) is 5.41 Å². The summed E-state index contributed by atoms with van der Waals surface area (Å²) in [5.74, 6) is -0.231. The lowest BCUT2D eigenvalue weighted by Gasteiger charge is -2.36. The Morgan fingerprint density at radius 3 is 2.54 bits per heavy atom. The normalized spacial score (nSPS) is 18.8. The maximum Gasteiger partial charge on any atom is 0.242 e. The fourth-order valence-corrected chi connectivity index (χ4v) is 3.79. The Balaban J connectivity index is 1.74. The van der Waals surface area contributed by atoms with Gasteiger partial charge in [-0.05, 0) is 51.2 Å². The molecule has 0 atom stereocenters. The number of anilines is 1. The van der Waals surface area contributed by atoms with Gasteiger partial charge < -0.3 is 10.2 Å². The van der Waals surface area contributed by atoms with Gasteiger partial charge in [-0.15, -0.1) is 0 Å². The molecule has 1 aromatic rings. The standard InChI is InChI=1S/C20H28N2O2/c1-20(2,18(23)21-16-11-4-3-5-12-16)19(24)22-14-8-10-15-9-6-7-13-17(15)22/h6-7,9,13,16H,3-5,8,10-12,14H2,1-2H3,(H,21,23). The van der Waals surface area contributed by atoms with Crippen LogP contribution in [0.2, 0.25) is 0 Å². The van der Waals surface area contributed by atoms with E-state index in [2.05, 4.69) is 11.4 Å². The highest BCUT2D eigenvalue weighted by atomic mass is 16.2. The monoisotopic (exact) mass is 328 g/mol. The van der Waals surface area contributed by atoms with Crippen LogP contribution < -0.4 is 10.2 Å². The van der Waals surface area contributed by atoms with Crippen molar-refractivity contribution in [2.45, 2.75) is 64.8 Å². The van der Waals surface area contributed by atoms with E-state index in [1.165, 1.54) is 24.8 Å². The lowest BCUT2D eigenvalue weighted by atomic mass is 9.87. The van der Waals surface area contributed by atoms with E-state index < -0.39 is 5.41 Å². The molecule has 4 nitrogen and oxygen atoms in total. The van der Waals surface area contributed by atoms with Crippen molar-refractivity contribution in [3.8, 4) is 0 Å². The highest BCUT2D eigenvalue weighted by Crippen LogP contribution is 2.31. The first-order valence-electron chi connectivity index (χ1n) is 9.21. The van der Waals surface area contributed by atoms with Crippen LogP contribution in [-0.2, 0) is 16.0 Å². The molecule has 24 heavy (non-hydrogen) atoms. The summed E-state index contributed by atoms with van der Waals surface area (Å²) in [5, 5.41) is 3.12. The molecule has 4 heteroatoms. The summed E-state index contributed by atoms with van der Waals surface area (Å²) in [6, 6.07) is 8.26. The number of hydrogen-bond donors (Lipinski definition) is 1. The number of aryl methyl sites for hydroxylation is 1. The zero-order chi connectivity index (χ0) is 17.2. The van der Waals surface area contributed by atoms with Crippen molar-refractivity contribution in [3.05, 3.63) is 29.8 Å². The van der Waals surface area contributed by atoms with Crippen LogP contribution in [0.4, 0.5) is 5.69 Å². The Bertz CT molecular complexity index is 618. The molecule has 130 valence electrons. The number of amides is 2. The molecule has 1 aromatic carbocycles. The molecule has 1 aliphatic carbocycles. The number of fused-ring (bicyclic) bond motifs is 1. The van der Waals surface area contributed by atoms with E-state index in [9.17, 15) is 9.59 Å². The second-order valence-corrected chi connectivity index (χ2v) is 7.62. The predicted molar refractivity (Wildman–Crippen MR) is 95.9 cm³/mol. The van der Waals surface area contributed by atoms with Crippen LogP contribution in [0, 0.1) is 5.41 Å². The summed E-state index contributed by atoms with van der Waals surface area (Å²) >= 11 is 0. The van der Waals surface area contributed by atoms with Gasteiger partial charge in [0.1, 0.15) is 5.41 Å². The number of carbonyl (C=O) groups excluding carboxylic acids is 2. The van der Waals surface area contributed by atoms with Gasteiger partial charge in [0.25, 0.3) is 0 Å². The summed E-state index contributed by atoms with van der Waals surface area (Å²) in [4.78, 5) is 27.7. The molecule has 1 fully saturated rings. The van der Waals surface area contributed by atoms with E-state index >= 15 is 0 Å². The number of para-hydroxylation sites is 1. The molecule has 0 saturated heterocycles. The van der Waals surface area contributed by atoms with Crippen LogP contribution in [0.15, 0.2) is 24.3 Å². The van der Waals surface area contributed by atoms with Crippen LogP contribution in [0.5, 0.6) is 0 Å². The number of rotatable bonds is 3. The average Bonchev–Trinajstić information content (AvgIpc) is 2.61. The average molecular weight is 328 g/mol. The topological polar surface area (TPSA) is 49.4 Å². The Hall–Kier alpha value is -1.84. The first-order valence-corrected chi connectivity index (χ1v) is 9.21. The van der Waals surface area contributed by atoms with Gasteiger partial charge in [0.15, 0.2) is 0 Å². The molecule has 2 amide bonds. The highest BCUT2D eigenvalue weighted by Gasteiger charge is 2.41. The summed E-state index contributed by atoms with van der Waals surface area (Å²) in [6.45, 7) is 4.20. The molecule has 1 aliphatic heterocycles. The lowest BCUT2D eigenvalue weighted by Crippen LogP contribution is -2.53. The summed E-state index contributed by atoms with van der Waals surface area (Å²) in [6.07, 6.45) is 7.58. The second-order valence-electron chi connectivity index (χ2n) is 7.62. The Kier molecular flexibility index (Phi) is 4.93. The molecule has 0 radical (unpaired) electrons. The first kappa shape index (κ1) is 17.0. The van der Waals surface area contributed by atoms with Crippen molar-refractivity contribution in [2.75, 3.05) is 11.4 Å². The second kappa shape index (κ2) is 6.96. The molecule has 0 bridgehead atoms.